The summed E-state index contributed by atoms with van der Waals surface area (Å²) in [5.74, 6) is -1.48. The maximum absolute atomic E-state index is 12.4. The average Bonchev–Trinajstić information content (AvgIpc) is 2.79. The van der Waals surface area contributed by atoms with Gasteiger partial charge in [-0.1, -0.05) is 12.1 Å². The van der Waals surface area contributed by atoms with E-state index in [0.29, 0.717) is 5.56 Å². The van der Waals surface area contributed by atoms with Crippen LogP contribution < -0.4 is 10.2 Å². The number of esters is 1. The first-order valence-corrected chi connectivity index (χ1v) is 9.11. The van der Waals surface area contributed by atoms with Crippen molar-refractivity contribution in [3.05, 3.63) is 104 Å². The number of benzene rings is 3. The van der Waals surface area contributed by atoms with Crippen molar-refractivity contribution in [3.8, 4) is 11.5 Å². The van der Waals surface area contributed by atoms with Crippen LogP contribution in [-0.2, 0) is 0 Å². The molecule has 12 nitrogen and oxygen atoms in total. The van der Waals surface area contributed by atoms with Gasteiger partial charge in [0, 0.05) is 17.7 Å². The molecule has 3 rings (SSSR count). The number of non-ortho nitro benzene ring substituents is 2. The van der Waals surface area contributed by atoms with Crippen LogP contribution in [0.3, 0.4) is 0 Å². The first-order valence-electron chi connectivity index (χ1n) is 9.11. The SMILES string of the molecule is O=C(N/N=C/c1cccc(OC(=O)c2cc([N+](=O)[O-])cc([N+](=O)[O-])c2)c1)c1ccc(O)cc1. The highest BCUT2D eigenvalue weighted by Gasteiger charge is 2.21. The number of nitro groups is 2. The molecule has 0 spiro atoms. The van der Waals surface area contributed by atoms with E-state index in [0.717, 1.165) is 18.2 Å². The standard InChI is InChI=1S/C21H14N4O8/c26-18-6-4-14(5-7-18)20(27)23-22-12-13-2-1-3-19(8-13)33-21(28)15-9-16(24(29)30)11-17(10-15)25(31)32/h1-12,26H,(H,23,27)/b22-12+. The molecule has 0 fully saturated rings. The fourth-order valence-electron chi connectivity index (χ4n) is 2.59. The summed E-state index contributed by atoms with van der Waals surface area (Å²) in [6.45, 7) is 0. The van der Waals surface area contributed by atoms with E-state index >= 15 is 0 Å². The molecule has 1 amide bonds. The lowest BCUT2D eigenvalue weighted by atomic mass is 10.1. The first kappa shape index (κ1) is 22.6. The van der Waals surface area contributed by atoms with E-state index in [1.807, 2.05) is 0 Å². The van der Waals surface area contributed by atoms with Crippen LogP contribution >= 0.6 is 0 Å². The van der Waals surface area contributed by atoms with Crippen molar-refractivity contribution in [1.29, 1.82) is 0 Å². The van der Waals surface area contributed by atoms with Gasteiger partial charge in [-0.25, -0.2) is 10.2 Å². The number of carbonyl (C=O) groups excluding carboxylic acids is 2. The number of carbonyl (C=O) groups is 2. The second-order valence-electron chi connectivity index (χ2n) is 6.46. The maximum Gasteiger partial charge on any atom is 0.344 e. The molecular weight excluding hydrogens is 436 g/mol. The molecule has 3 aromatic rings. The monoisotopic (exact) mass is 450 g/mol. The molecule has 0 atom stereocenters. The van der Waals surface area contributed by atoms with E-state index in [-0.39, 0.29) is 22.6 Å². The van der Waals surface area contributed by atoms with Gasteiger partial charge in [-0.15, -0.1) is 0 Å². The Hall–Kier alpha value is -5.13. The van der Waals surface area contributed by atoms with Crippen LogP contribution in [0.5, 0.6) is 11.5 Å². The number of hydrogen-bond donors (Lipinski definition) is 2. The minimum atomic E-state index is -1.03. The van der Waals surface area contributed by atoms with Crippen LogP contribution in [0, 0.1) is 20.2 Å². The van der Waals surface area contributed by atoms with E-state index in [4.69, 9.17) is 4.74 Å². The van der Waals surface area contributed by atoms with E-state index < -0.39 is 33.1 Å². The van der Waals surface area contributed by atoms with Gasteiger partial charge in [-0.3, -0.25) is 25.0 Å². The lowest BCUT2D eigenvalue weighted by Crippen LogP contribution is -2.17. The van der Waals surface area contributed by atoms with Crippen LogP contribution in [0.1, 0.15) is 26.3 Å². The molecule has 33 heavy (non-hydrogen) atoms. The molecule has 0 saturated carbocycles. The minimum absolute atomic E-state index is 0.0149. The van der Waals surface area contributed by atoms with Gasteiger partial charge in [-0.05, 0) is 42.0 Å². The summed E-state index contributed by atoms with van der Waals surface area (Å²) in [6, 6.07) is 14.0. The third-order valence-corrected chi connectivity index (χ3v) is 4.14. The number of ether oxygens (including phenoxy) is 1. The van der Waals surface area contributed by atoms with Crippen molar-refractivity contribution in [3.63, 3.8) is 0 Å². The molecule has 0 radical (unpaired) electrons. The quantitative estimate of drug-likeness (QED) is 0.181. The number of hydrogen-bond acceptors (Lipinski definition) is 9. The van der Waals surface area contributed by atoms with Crippen molar-refractivity contribution in [2.24, 2.45) is 5.10 Å². The highest BCUT2D eigenvalue weighted by atomic mass is 16.6. The Morgan fingerprint density at radius 1 is 0.909 bits per heavy atom. The normalized spacial score (nSPS) is 10.5. The third kappa shape index (κ3) is 5.95. The summed E-state index contributed by atoms with van der Waals surface area (Å²) >= 11 is 0. The van der Waals surface area contributed by atoms with Gasteiger partial charge in [0.1, 0.15) is 11.5 Å². The molecule has 0 bridgehead atoms. The third-order valence-electron chi connectivity index (χ3n) is 4.14. The Labute approximate surface area is 185 Å². The smallest absolute Gasteiger partial charge is 0.344 e. The van der Waals surface area contributed by atoms with Crippen LogP contribution in [-0.4, -0.2) is 33.0 Å². The summed E-state index contributed by atoms with van der Waals surface area (Å²) < 4.78 is 5.16. The number of nitrogens with one attached hydrogen (secondary N) is 1. The summed E-state index contributed by atoms with van der Waals surface area (Å²) in [4.78, 5) is 44.6. The largest absolute Gasteiger partial charge is 0.508 e. The van der Waals surface area contributed by atoms with Gasteiger partial charge < -0.3 is 9.84 Å². The van der Waals surface area contributed by atoms with Crippen molar-refractivity contribution >= 4 is 29.5 Å². The zero-order valence-electron chi connectivity index (χ0n) is 16.6. The minimum Gasteiger partial charge on any atom is -0.508 e. The number of phenolic OH excluding ortho intramolecular Hbond substituents is 1. The second kappa shape index (κ2) is 9.78. The van der Waals surface area contributed by atoms with Crippen LogP contribution in [0.15, 0.2) is 71.8 Å². The summed E-state index contributed by atoms with van der Waals surface area (Å²) in [5, 5.41) is 35.0. The Bertz CT molecular complexity index is 1240. The van der Waals surface area contributed by atoms with Crippen molar-refractivity contribution in [2.45, 2.75) is 0 Å². The maximum atomic E-state index is 12.4. The number of hydrazone groups is 1. The molecule has 12 heteroatoms. The highest BCUT2D eigenvalue weighted by Crippen LogP contribution is 2.24. The summed E-state index contributed by atoms with van der Waals surface area (Å²) in [5.41, 5.74) is 1.41. The molecule has 166 valence electrons. The second-order valence-corrected chi connectivity index (χ2v) is 6.46. The van der Waals surface area contributed by atoms with Crippen molar-refractivity contribution in [2.75, 3.05) is 0 Å². The van der Waals surface area contributed by atoms with Gasteiger partial charge >= 0.3 is 5.97 Å². The number of phenols is 1. The number of nitrogens with zero attached hydrogens (tertiary/aromatic N) is 3. The zero-order valence-corrected chi connectivity index (χ0v) is 16.6. The van der Waals surface area contributed by atoms with Crippen LogP contribution in [0.25, 0.3) is 0 Å². The van der Waals surface area contributed by atoms with Gasteiger partial charge in [0.15, 0.2) is 0 Å². The Morgan fingerprint density at radius 2 is 1.55 bits per heavy atom. The van der Waals surface area contributed by atoms with Gasteiger partial charge in [-0.2, -0.15) is 5.10 Å². The predicted octanol–water partition coefficient (Wildman–Crippen LogP) is 3.19. The molecule has 0 aliphatic heterocycles. The molecule has 3 aromatic carbocycles. The lowest BCUT2D eigenvalue weighted by molar-refractivity contribution is -0.394. The van der Waals surface area contributed by atoms with Crippen molar-refractivity contribution in [1.82, 2.24) is 5.43 Å². The molecule has 0 heterocycles. The Morgan fingerprint density at radius 3 is 2.15 bits per heavy atom. The molecular formula is C21H14N4O8. The average molecular weight is 450 g/mol. The van der Waals surface area contributed by atoms with Crippen LogP contribution in [0.4, 0.5) is 11.4 Å². The lowest BCUT2D eigenvalue weighted by Gasteiger charge is -2.05. The first-order chi connectivity index (χ1) is 15.7. The summed E-state index contributed by atoms with van der Waals surface area (Å²) in [7, 11) is 0. The fourth-order valence-corrected chi connectivity index (χ4v) is 2.59. The number of amides is 1. The predicted molar refractivity (Wildman–Crippen MR) is 114 cm³/mol. The zero-order chi connectivity index (χ0) is 24.0. The molecule has 0 saturated heterocycles. The van der Waals surface area contributed by atoms with E-state index in [1.165, 1.54) is 48.7 Å². The van der Waals surface area contributed by atoms with E-state index in [1.54, 1.807) is 6.07 Å². The number of rotatable bonds is 7. The number of nitro benzene ring substituents is 2. The Kier molecular flexibility index (Phi) is 6.69. The van der Waals surface area contributed by atoms with Crippen LogP contribution in [0.2, 0.25) is 0 Å². The summed E-state index contributed by atoms with van der Waals surface area (Å²) in [6.07, 6.45) is 1.29. The molecule has 2 N–H and O–H groups in total. The molecule has 0 aliphatic rings. The van der Waals surface area contributed by atoms with E-state index in [2.05, 4.69) is 10.5 Å². The molecule has 0 aliphatic carbocycles. The van der Waals surface area contributed by atoms with Gasteiger partial charge in [0.05, 0.1) is 27.7 Å². The fraction of sp³-hybridized carbons (Fsp3) is 0. The highest BCUT2D eigenvalue weighted by molar-refractivity contribution is 5.95. The van der Waals surface area contributed by atoms with Crippen molar-refractivity contribution < 1.29 is 29.3 Å². The topological polar surface area (TPSA) is 174 Å². The van der Waals surface area contributed by atoms with Gasteiger partial charge in [0.25, 0.3) is 17.3 Å². The number of aromatic hydroxyl groups is 1. The Balaban J connectivity index is 1.71. The molecule has 0 aromatic heterocycles. The van der Waals surface area contributed by atoms with E-state index in [9.17, 15) is 34.9 Å². The molecule has 0 unspecified atom stereocenters. The van der Waals surface area contributed by atoms with Gasteiger partial charge in [0.2, 0.25) is 0 Å².